The highest BCUT2D eigenvalue weighted by Crippen LogP contribution is 2.49. The molecule has 0 saturated carbocycles. The van der Waals surface area contributed by atoms with Gasteiger partial charge in [0.1, 0.15) is 0 Å². The Bertz CT molecular complexity index is 751. The summed E-state index contributed by atoms with van der Waals surface area (Å²) in [5.74, 6) is 0. The monoisotopic (exact) mass is 300 g/mol. The molecule has 0 aliphatic heterocycles. The van der Waals surface area contributed by atoms with Crippen LogP contribution in [-0.2, 0) is 5.41 Å². The maximum Gasteiger partial charge on any atom is 0.488 e. The molecule has 0 bridgehead atoms. The lowest BCUT2D eigenvalue weighted by molar-refractivity contribution is 0.425. The summed E-state index contributed by atoms with van der Waals surface area (Å²) in [6.45, 7) is 8.20. The Morgan fingerprint density at radius 2 is 1.43 bits per heavy atom. The molecule has 0 saturated heterocycles. The summed E-state index contributed by atoms with van der Waals surface area (Å²) in [5, 5.41) is 19.9. The minimum Gasteiger partial charge on any atom is -0.423 e. The van der Waals surface area contributed by atoms with E-state index in [1.165, 1.54) is 11.1 Å². The predicted octanol–water partition coefficient (Wildman–Crippen LogP) is 2.94. The zero-order valence-electron chi connectivity index (χ0n) is 12.7. The first kappa shape index (κ1) is 14.6. The minimum atomic E-state index is -1.44. The zero-order chi connectivity index (χ0) is 15.5. The van der Waals surface area contributed by atoms with Crippen LogP contribution in [0.25, 0.3) is 11.1 Å². The van der Waals surface area contributed by atoms with Crippen LogP contribution >= 0.6 is 11.6 Å². The van der Waals surface area contributed by atoms with Crippen LogP contribution < -0.4 is 5.46 Å². The number of halogens is 1. The Hall–Kier alpha value is -1.29. The zero-order valence-corrected chi connectivity index (χ0v) is 13.4. The van der Waals surface area contributed by atoms with Gasteiger partial charge in [0.15, 0.2) is 0 Å². The maximum atomic E-state index is 9.55. The highest BCUT2D eigenvalue weighted by atomic mass is 35.5. The first-order valence-corrected chi connectivity index (χ1v) is 7.43. The van der Waals surface area contributed by atoms with Gasteiger partial charge in [0.2, 0.25) is 0 Å². The fourth-order valence-electron chi connectivity index (χ4n) is 3.31. The lowest BCUT2D eigenvalue weighted by Gasteiger charge is -2.22. The van der Waals surface area contributed by atoms with E-state index >= 15 is 0 Å². The summed E-state index contributed by atoms with van der Waals surface area (Å²) in [5.41, 5.74) is 6.99. The average Bonchev–Trinajstić information content (AvgIpc) is 2.58. The van der Waals surface area contributed by atoms with Gasteiger partial charge in [-0.05, 0) is 59.3 Å². The van der Waals surface area contributed by atoms with Gasteiger partial charge in [-0.3, -0.25) is 0 Å². The molecule has 1 aliphatic carbocycles. The molecule has 0 heterocycles. The summed E-state index contributed by atoms with van der Waals surface area (Å²) in [4.78, 5) is 0. The summed E-state index contributed by atoms with van der Waals surface area (Å²) in [6.07, 6.45) is 0. The molecule has 0 aromatic heterocycles. The number of aryl methyl sites for hydroxylation is 2. The molecule has 4 heteroatoms. The molecule has 108 valence electrons. The van der Waals surface area contributed by atoms with Crippen LogP contribution in [0.4, 0.5) is 0 Å². The summed E-state index contributed by atoms with van der Waals surface area (Å²) >= 11 is 6.30. The molecular formula is C17H18BClO2. The molecule has 0 amide bonds. The molecule has 3 rings (SSSR count). The van der Waals surface area contributed by atoms with Gasteiger partial charge in [-0.2, -0.15) is 0 Å². The third kappa shape index (κ3) is 2.03. The standard InChI is InChI=1S/C17H18BClO2/c1-9-5-11-12-6-10(2)16(19)8-14(12)17(3,4)13(11)7-15(9)18(20)21/h5-8,20-21H,1-4H3. The van der Waals surface area contributed by atoms with Crippen LogP contribution in [0.5, 0.6) is 0 Å². The van der Waals surface area contributed by atoms with E-state index < -0.39 is 7.12 Å². The van der Waals surface area contributed by atoms with Gasteiger partial charge in [-0.1, -0.05) is 43.1 Å². The van der Waals surface area contributed by atoms with Crippen molar-refractivity contribution in [3.05, 3.63) is 51.5 Å². The predicted molar refractivity (Wildman–Crippen MR) is 88.3 cm³/mol. The first-order valence-electron chi connectivity index (χ1n) is 7.05. The largest absolute Gasteiger partial charge is 0.488 e. The van der Waals surface area contributed by atoms with Crippen LogP contribution in [0, 0.1) is 13.8 Å². The van der Waals surface area contributed by atoms with E-state index in [0.29, 0.717) is 5.46 Å². The highest BCUT2D eigenvalue weighted by Gasteiger charge is 2.37. The minimum absolute atomic E-state index is 0.195. The molecule has 0 fully saturated rings. The van der Waals surface area contributed by atoms with E-state index in [2.05, 4.69) is 19.9 Å². The van der Waals surface area contributed by atoms with Crippen molar-refractivity contribution >= 4 is 24.2 Å². The second-order valence-corrected chi connectivity index (χ2v) is 6.81. The molecule has 0 radical (unpaired) electrons. The fraction of sp³-hybridized carbons (Fsp3) is 0.294. The molecule has 21 heavy (non-hydrogen) atoms. The number of rotatable bonds is 1. The highest BCUT2D eigenvalue weighted by molar-refractivity contribution is 6.59. The Labute approximate surface area is 130 Å². The van der Waals surface area contributed by atoms with Crippen LogP contribution in [0.2, 0.25) is 5.02 Å². The molecule has 1 aliphatic rings. The number of hydrogen-bond acceptors (Lipinski definition) is 2. The van der Waals surface area contributed by atoms with E-state index in [1.54, 1.807) is 0 Å². The third-order valence-electron chi connectivity index (χ3n) is 4.62. The number of fused-ring (bicyclic) bond motifs is 3. The Morgan fingerprint density at radius 3 is 2.00 bits per heavy atom. The molecular weight excluding hydrogens is 282 g/mol. The summed E-state index contributed by atoms with van der Waals surface area (Å²) in [6, 6.07) is 8.12. The lowest BCUT2D eigenvalue weighted by Crippen LogP contribution is -2.33. The van der Waals surface area contributed by atoms with Gasteiger partial charge in [0.05, 0.1) is 0 Å². The third-order valence-corrected chi connectivity index (χ3v) is 5.03. The summed E-state index contributed by atoms with van der Waals surface area (Å²) in [7, 11) is -1.44. The second-order valence-electron chi connectivity index (χ2n) is 6.40. The van der Waals surface area contributed by atoms with Crippen molar-refractivity contribution in [1.29, 1.82) is 0 Å². The topological polar surface area (TPSA) is 40.5 Å². The molecule has 2 aromatic carbocycles. The van der Waals surface area contributed by atoms with Gasteiger partial charge in [-0.25, -0.2) is 0 Å². The normalized spacial score (nSPS) is 14.8. The van der Waals surface area contributed by atoms with Crippen LogP contribution in [0.3, 0.4) is 0 Å². The molecule has 0 unspecified atom stereocenters. The Kier molecular flexibility index (Phi) is 3.21. The van der Waals surface area contributed by atoms with Gasteiger partial charge in [0.25, 0.3) is 0 Å². The molecule has 2 N–H and O–H groups in total. The Morgan fingerprint density at radius 1 is 0.905 bits per heavy atom. The van der Waals surface area contributed by atoms with Crippen molar-refractivity contribution in [1.82, 2.24) is 0 Å². The van der Waals surface area contributed by atoms with E-state index in [1.807, 2.05) is 32.0 Å². The van der Waals surface area contributed by atoms with Gasteiger partial charge < -0.3 is 10.0 Å². The fourth-order valence-corrected chi connectivity index (χ4v) is 3.47. The van der Waals surface area contributed by atoms with E-state index in [0.717, 1.165) is 27.3 Å². The van der Waals surface area contributed by atoms with Crippen molar-refractivity contribution in [3.8, 4) is 11.1 Å². The van der Waals surface area contributed by atoms with E-state index in [9.17, 15) is 10.0 Å². The smallest absolute Gasteiger partial charge is 0.423 e. The van der Waals surface area contributed by atoms with Crippen LogP contribution in [0.15, 0.2) is 24.3 Å². The van der Waals surface area contributed by atoms with E-state index in [-0.39, 0.29) is 5.41 Å². The van der Waals surface area contributed by atoms with E-state index in [4.69, 9.17) is 11.6 Å². The van der Waals surface area contributed by atoms with Crippen molar-refractivity contribution in [2.45, 2.75) is 33.1 Å². The lowest BCUT2D eigenvalue weighted by atomic mass is 9.73. The van der Waals surface area contributed by atoms with Gasteiger partial charge in [0, 0.05) is 10.4 Å². The van der Waals surface area contributed by atoms with Gasteiger partial charge >= 0.3 is 7.12 Å². The SMILES string of the molecule is Cc1cc2c(cc1Cl)C(C)(C)c1cc(B(O)O)c(C)cc1-2. The Balaban J connectivity index is 2.35. The molecule has 2 aromatic rings. The average molecular weight is 301 g/mol. The first-order chi connectivity index (χ1) is 9.73. The second kappa shape index (κ2) is 4.60. The van der Waals surface area contributed by atoms with Crippen molar-refractivity contribution < 1.29 is 10.0 Å². The number of benzene rings is 2. The quantitative estimate of drug-likeness (QED) is 0.795. The van der Waals surface area contributed by atoms with Crippen molar-refractivity contribution in [3.63, 3.8) is 0 Å². The maximum absolute atomic E-state index is 9.55. The number of hydrogen-bond donors (Lipinski definition) is 2. The molecule has 0 atom stereocenters. The van der Waals surface area contributed by atoms with Crippen molar-refractivity contribution in [2.24, 2.45) is 0 Å². The van der Waals surface area contributed by atoms with Gasteiger partial charge in [-0.15, -0.1) is 0 Å². The summed E-state index contributed by atoms with van der Waals surface area (Å²) < 4.78 is 0. The molecule has 0 spiro atoms. The molecule has 2 nitrogen and oxygen atoms in total. The van der Waals surface area contributed by atoms with Crippen LogP contribution in [0.1, 0.15) is 36.1 Å². The van der Waals surface area contributed by atoms with Crippen molar-refractivity contribution in [2.75, 3.05) is 0 Å². The van der Waals surface area contributed by atoms with Crippen LogP contribution in [-0.4, -0.2) is 17.2 Å².